The Morgan fingerprint density at radius 2 is 2.30 bits per heavy atom. The molecule has 0 atom stereocenters. The van der Waals surface area contributed by atoms with E-state index < -0.39 is 0 Å². The van der Waals surface area contributed by atoms with Crippen LogP contribution in [0, 0.1) is 5.92 Å². The Balaban J connectivity index is 1.78. The third kappa shape index (κ3) is 0.870. The molecule has 2 heteroatoms. The van der Waals surface area contributed by atoms with E-state index in [-0.39, 0.29) is 0 Å². The molecule has 2 nitrogen and oxygen atoms in total. The first-order valence-corrected chi connectivity index (χ1v) is 4.08. The molecule has 1 aliphatic carbocycles. The minimum absolute atomic E-state index is 0.725. The van der Waals surface area contributed by atoms with Gasteiger partial charge in [-0.2, -0.15) is 0 Å². The fourth-order valence-corrected chi connectivity index (χ4v) is 2.12. The highest BCUT2D eigenvalue weighted by Crippen LogP contribution is 2.40. The molecule has 2 heterocycles. The van der Waals surface area contributed by atoms with E-state index in [1.54, 1.807) is 0 Å². The van der Waals surface area contributed by atoms with Gasteiger partial charge in [-0.3, -0.25) is 4.90 Å². The number of hydrogen-bond acceptors (Lipinski definition) is 2. The van der Waals surface area contributed by atoms with Crippen molar-refractivity contribution in [3.8, 4) is 0 Å². The molecule has 0 spiro atoms. The first-order chi connectivity index (χ1) is 4.90. The highest BCUT2D eigenvalue weighted by atomic mass is 16.1. The largest absolute Gasteiger partial charge is 0.303 e. The number of fused-ring (bicyclic) bond motifs is 1. The number of nitrogens with zero attached hydrogens (tertiary/aromatic N) is 1. The van der Waals surface area contributed by atoms with Gasteiger partial charge in [0.25, 0.3) is 0 Å². The van der Waals surface area contributed by atoms with Gasteiger partial charge in [-0.15, -0.1) is 0 Å². The van der Waals surface area contributed by atoms with Crippen molar-refractivity contribution in [2.24, 2.45) is 5.92 Å². The molecule has 0 aromatic heterocycles. The van der Waals surface area contributed by atoms with Crippen LogP contribution >= 0.6 is 0 Å². The SMILES string of the molecule is O=CCCN1CC2CC1C2. The van der Waals surface area contributed by atoms with Crippen LogP contribution in [-0.4, -0.2) is 30.3 Å². The third-order valence-corrected chi connectivity index (χ3v) is 2.75. The van der Waals surface area contributed by atoms with Crippen molar-refractivity contribution >= 4 is 6.29 Å². The van der Waals surface area contributed by atoms with E-state index in [2.05, 4.69) is 4.90 Å². The summed E-state index contributed by atoms with van der Waals surface area (Å²) in [6.07, 6.45) is 4.55. The molecule has 1 saturated carbocycles. The first-order valence-electron chi connectivity index (χ1n) is 4.08. The summed E-state index contributed by atoms with van der Waals surface area (Å²) in [6.45, 7) is 2.27. The van der Waals surface area contributed by atoms with E-state index in [1.807, 2.05) is 0 Å². The monoisotopic (exact) mass is 139 g/mol. The summed E-state index contributed by atoms with van der Waals surface area (Å²) in [6, 6.07) is 0.852. The molecule has 2 bridgehead atoms. The Morgan fingerprint density at radius 3 is 2.80 bits per heavy atom. The summed E-state index contributed by atoms with van der Waals surface area (Å²) in [7, 11) is 0. The Labute approximate surface area is 61.2 Å². The van der Waals surface area contributed by atoms with Crippen LogP contribution in [0.15, 0.2) is 0 Å². The average molecular weight is 139 g/mol. The molecule has 3 aliphatic rings. The van der Waals surface area contributed by atoms with Crippen LogP contribution in [0.5, 0.6) is 0 Å². The molecule has 2 aliphatic heterocycles. The molecule has 3 rings (SSSR count). The fraction of sp³-hybridized carbons (Fsp3) is 0.875. The van der Waals surface area contributed by atoms with Crippen molar-refractivity contribution in [3.05, 3.63) is 0 Å². The second kappa shape index (κ2) is 2.35. The quantitative estimate of drug-likeness (QED) is 0.536. The van der Waals surface area contributed by atoms with E-state index in [1.165, 1.54) is 19.4 Å². The van der Waals surface area contributed by atoms with Gasteiger partial charge in [-0.1, -0.05) is 0 Å². The predicted octanol–water partition coefficient (Wildman–Crippen LogP) is 0.670. The van der Waals surface area contributed by atoms with Crippen molar-refractivity contribution in [1.29, 1.82) is 0 Å². The highest BCUT2D eigenvalue weighted by Gasteiger charge is 2.41. The molecule has 3 fully saturated rings. The van der Waals surface area contributed by atoms with Crippen LogP contribution in [0.3, 0.4) is 0 Å². The van der Waals surface area contributed by atoms with Crippen molar-refractivity contribution in [2.45, 2.75) is 25.3 Å². The predicted molar refractivity (Wildman–Crippen MR) is 38.8 cm³/mol. The fourth-order valence-electron chi connectivity index (χ4n) is 2.12. The summed E-state index contributed by atoms with van der Waals surface area (Å²) < 4.78 is 0. The molecule has 2 saturated heterocycles. The summed E-state index contributed by atoms with van der Waals surface area (Å²) in [4.78, 5) is 12.5. The summed E-state index contributed by atoms with van der Waals surface area (Å²) >= 11 is 0. The summed E-state index contributed by atoms with van der Waals surface area (Å²) in [5.41, 5.74) is 0. The van der Waals surface area contributed by atoms with Gasteiger partial charge in [0.1, 0.15) is 6.29 Å². The average Bonchev–Trinajstić information content (AvgIpc) is 2.37. The number of carbonyl (C=O) groups excluding carboxylic acids is 1. The van der Waals surface area contributed by atoms with Crippen LogP contribution in [-0.2, 0) is 4.79 Å². The van der Waals surface area contributed by atoms with Gasteiger partial charge in [-0.25, -0.2) is 0 Å². The number of rotatable bonds is 3. The number of aldehydes is 1. The van der Waals surface area contributed by atoms with E-state index in [4.69, 9.17) is 0 Å². The maximum absolute atomic E-state index is 10.1. The number of hydrogen-bond donors (Lipinski definition) is 0. The lowest BCUT2D eigenvalue weighted by molar-refractivity contribution is -0.108. The Hall–Kier alpha value is -0.370. The van der Waals surface area contributed by atoms with Crippen molar-refractivity contribution in [1.82, 2.24) is 4.90 Å². The Morgan fingerprint density at radius 1 is 1.50 bits per heavy atom. The molecule has 0 unspecified atom stereocenters. The molecular formula is C8H13NO. The zero-order chi connectivity index (χ0) is 6.97. The van der Waals surface area contributed by atoms with Crippen molar-refractivity contribution < 1.29 is 4.79 Å². The Bertz CT molecular complexity index is 140. The van der Waals surface area contributed by atoms with Crippen LogP contribution in [0.2, 0.25) is 0 Å². The minimum Gasteiger partial charge on any atom is -0.303 e. The topological polar surface area (TPSA) is 20.3 Å². The molecule has 0 aromatic rings. The standard InChI is InChI=1S/C8H13NO/c10-3-1-2-9-6-7-4-8(9)5-7/h3,7-8H,1-2,4-6H2. The second-order valence-corrected chi connectivity index (χ2v) is 3.44. The van der Waals surface area contributed by atoms with E-state index in [0.717, 1.165) is 31.2 Å². The smallest absolute Gasteiger partial charge is 0.121 e. The number of carbonyl (C=O) groups is 1. The molecule has 0 N–H and O–H groups in total. The molecular weight excluding hydrogens is 126 g/mol. The van der Waals surface area contributed by atoms with Crippen LogP contribution in [0.25, 0.3) is 0 Å². The molecule has 0 aromatic carbocycles. The third-order valence-electron chi connectivity index (χ3n) is 2.75. The zero-order valence-electron chi connectivity index (χ0n) is 6.12. The second-order valence-electron chi connectivity index (χ2n) is 3.44. The van der Waals surface area contributed by atoms with Crippen molar-refractivity contribution in [2.75, 3.05) is 13.1 Å². The van der Waals surface area contributed by atoms with Gasteiger partial charge in [0.2, 0.25) is 0 Å². The van der Waals surface area contributed by atoms with Gasteiger partial charge in [0.05, 0.1) is 0 Å². The van der Waals surface area contributed by atoms with Crippen LogP contribution in [0.1, 0.15) is 19.3 Å². The highest BCUT2D eigenvalue weighted by molar-refractivity contribution is 5.49. The first kappa shape index (κ1) is 6.35. The van der Waals surface area contributed by atoms with E-state index in [0.29, 0.717) is 0 Å². The molecule has 10 heavy (non-hydrogen) atoms. The van der Waals surface area contributed by atoms with Gasteiger partial charge in [0.15, 0.2) is 0 Å². The lowest BCUT2D eigenvalue weighted by Crippen LogP contribution is -2.29. The molecule has 0 amide bonds. The van der Waals surface area contributed by atoms with E-state index in [9.17, 15) is 4.79 Å². The Kier molecular flexibility index (Phi) is 1.49. The summed E-state index contributed by atoms with van der Waals surface area (Å²) in [5, 5.41) is 0. The van der Waals surface area contributed by atoms with Gasteiger partial charge >= 0.3 is 0 Å². The van der Waals surface area contributed by atoms with Crippen LogP contribution in [0.4, 0.5) is 0 Å². The maximum Gasteiger partial charge on any atom is 0.121 e. The molecule has 56 valence electrons. The summed E-state index contributed by atoms with van der Waals surface area (Å²) in [5.74, 6) is 0.983. The normalized spacial score (nSPS) is 37.6. The van der Waals surface area contributed by atoms with Gasteiger partial charge < -0.3 is 4.79 Å². The van der Waals surface area contributed by atoms with Gasteiger partial charge in [-0.05, 0) is 18.8 Å². The lowest BCUT2D eigenvalue weighted by Gasteiger charge is -2.25. The minimum atomic E-state index is 0.725. The van der Waals surface area contributed by atoms with E-state index >= 15 is 0 Å². The maximum atomic E-state index is 10.1. The van der Waals surface area contributed by atoms with Crippen molar-refractivity contribution in [3.63, 3.8) is 0 Å². The van der Waals surface area contributed by atoms with Gasteiger partial charge in [0, 0.05) is 25.6 Å². The molecule has 0 radical (unpaired) electrons. The lowest BCUT2D eigenvalue weighted by atomic mass is 9.86. The zero-order valence-corrected chi connectivity index (χ0v) is 6.12. The van der Waals surface area contributed by atoms with Crippen LogP contribution < -0.4 is 0 Å².